The third kappa shape index (κ3) is 3.05. The van der Waals surface area contributed by atoms with E-state index in [0.29, 0.717) is 5.69 Å². The molecule has 0 fully saturated rings. The van der Waals surface area contributed by atoms with Gasteiger partial charge in [0.05, 0.1) is 11.1 Å². The molecule has 20 heavy (non-hydrogen) atoms. The van der Waals surface area contributed by atoms with E-state index in [1.165, 1.54) is 6.26 Å². The minimum Gasteiger partial charge on any atom is -0.442 e. The second kappa shape index (κ2) is 5.45. The molecule has 0 saturated carbocycles. The number of hydrogen-bond donors (Lipinski definition) is 0. The zero-order chi connectivity index (χ0) is 14.8. The summed E-state index contributed by atoms with van der Waals surface area (Å²) in [5.41, 5.74) is 2.23. The van der Waals surface area contributed by atoms with Crippen LogP contribution in [0.25, 0.3) is 5.57 Å². The maximum Gasteiger partial charge on any atom is 0.264 e. The summed E-state index contributed by atoms with van der Waals surface area (Å²) in [6.45, 7) is 7.56. The second-order valence-electron chi connectivity index (χ2n) is 5.54. The smallest absolute Gasteiger partial charge is 0.264 e. The van der Waals surface area contributed by atoms with Gasteiger partial charge >= 0.3 is 0 Å². The number of nitrogens with zero attached hydrogens (tertiary/aromatic N) is 1. The van der Waals surface area contributed by atoms with Gasteiger partial charge in [-0.3, -0.25) is 4.79 Å². The lowest BCUT2D eigenvalue weighted by atomic mass is 9.85. The Balaban J connectivity index is 2.28. The van der Waals surface area contributed by atoms with Gasteiger partial charge in [-0.1, -0.05) is 36.4 Å². The van der Waals surface area contributed by atoms with Crippen molar-refractivity contribution in [1.29, 1.82) is 0 Å². The predicted octanol–water partition coefficient (Wildman–Crippen LogP) is 4.30. The number of rotatable bonds is 4. The van der Waals surface area contributed by atoms with E-state index in [-0.39, 0.29) is 11.7 Å². The van der Waals surface area contributed by atoms with E-state index in [1.54, 1.807) is 6.92 Å². The number of hydrogen-bond acceptors (Lipinski definition) is 3. The maximum absolute atomic E-state index is 12.4. The monoisotopic (exact) mass is 269 g/mol. The predicted molar refractivity (Wildman–Crippen MR) is 79.4 cm³/mol. The summed E-state index contributed by atoms with van der Waals surface area (Å²) in [6.07, 6.45) is 3.46. The van der Waals surface area contributed by atoms with Gasteiger partial charge in [-0.2, -0.15) is 0 Å². The van der Waals surface area contributed by atoms with Gasteiger partial charge in [-0.15, -0.1) is 0 Å². The van der Waals surface area contributed by atoms with E-state index >= 15 is 0 Å². The van der Waals surface area contributed by atoms with E-state index in [2.05, 4.69) is 4.98 Å². The van der Waals surface area contributed by atoms with E-state index in [9.17, 15) is 4.79 Å². The third-order valence-corrected chi connectivity index (χ3v) is 3.20. The molecule has 0 saturated heterocycles. The lowest BCUT2D eigenvalue weighted by Crippen LogP contribution is -2.22. The molecular weight excluding hydrogens is 250 g/mol. The van der Waals surface area contributed by atoms with Gasteiger partial charge in [0.1, 0.15) is 6.26 Å². The first-order valence-electron chi connectivity index (χ1n) is 6.62. The largest absolute Gasteiger partial charge is 0.442 e. The van der Waals surface area contributed by atoms with E-state index < -0.39 is 5.41 Å². The quantitative estimate of drug-likeness (QED) is 0.777. The minimum absolute atomic E-state index is 0.110. The number of aryl methyl sites for hydroxylation is 1. The van der Waals surface area contributed by atoms with Crippen LogP contribution in [0.1, 0.15) is 42.7 Å². The van der Waals surface area contributed by atoms with Crippen molar-refractivity contribution in [1.82, 2.24) is 4.98 Å². The molecule has 1 aromatic carbocycles. The summed E-state index contributed by atoms with van der Waals surface area (Å²) in [7, 11) is 0. The first-order chi connectivity index (χ1) is 9.40. The molecule has 0 spiro atoms. The highest BCUT2D eigenvalue weighted by Gasteiger charge is 2.30. The van der Waals surface area contributed by atoms with Crippen LogP contribution in [0, 0.1) is 12.3 Å². The van der Waals surface area contributed by atoms with Crippen molar-refractivity contribution in [2.45, 2.75) is 27.7 Å². The van der Waals surface area contributed by atoms with E-state index in [4.69, 9.17) is 4.42 Å². The molecule has 1 heterocycles. The summed E-state index contributed by atoms with van der Waals surface area (Å²) in [5.74, 6) is 0.0606. The van der Waals surface area contributed by atoms with Gasteiger partial charge in [-0.25, -0.2) is 4.98 Å². The molecule has 0 unspecified atom stereocenters. The van der Waals surface area contributed by atoms with Crippen molar-refractivity contribution in [3.05, 3.63) is 59.8 Å². The molecule has 0 bridgehead atoms. The topological polar surface area (TPSA) is 43.1 Å². The molecule has 3 heteroatoms. The van der Waals surface area contributed by atoms with Gasteiger partial charge in [0.25, 0.3) is 5.89 Å². The minimum atomic E-state index is -0.656. The zero-order valence-corrected chi connectivity index (χ0v) is 12.3. The molecule has 0 N–H and O–H groups in total. The van der Waals surface area contributed by atoms with E-state index in [0.717, 1.165) is 11.1 Å². The third-order valence-electron chi connectivity index (χ3n) is 3.20. The fourth-order valence-corrected chi connectivity index (χ4v) is 2.13. The lowest BCUT2D eigenvalue weighted by molar-refractivity contribution is 0.0849. The molecule has 0 aliphatic heterocycles. The summed E-state index contributed by atoms with van der Waals surface area (Å²) in [5, 5.41) is 0. The summed E-state index contributed by atoms with van der Waals surface area (Å²) in [4.78, 5) is 16.6. The van der Waals surface area contributed by atoms with Gasteiger partial charge < -0.3 is 4.42 Å². The first kappa shape index (κ1) is 14.3. The molecule has 1 aromatic heterocycles. The standard InChI is InChI=1S/C17H19NO2/c1-12(14-8-6-5-7-9-14)10-17(3,4)15(19)16-18-13(2)11-20-16/h5-11H,1-4H3/b12-10+. The van der Waals surface area contributed by atoms with E-state index in [1.807, 2.05) is 57.2 Å². The highest BCUT2D eigenvalue weighted by molar-refractivity contribution is 5.98. The molecule has 2 aromatic rings. The van der Waals surface area contributed by atoms with Crippen LogP contribution in [-0.4, -0.2) is 10.8 Å². The summed E-state index contributed by atoms with van der Waals surface area (Å²) in [6, 6.07) is 10.0. The van der Waals surface area contributed by atoms with Crippen molar-refractivity contribution in [2.24, 2.45) is 5.41 Å². The number of aromatic nitrogens is 1. The number of carbonyl (C=O) groups excluding carboxylic acids is 1. The molecule has 3 nitrogen and oxygen atoms in total. The molecule has 104 valence electrons. The number of Topliss-reactive ketones (excluding diaryl/α,β-unsaturated/α-hetero) is 1. The summed E-state index contributed by atoms with van der Waals surface area (Å²) >= 11 is 0. The van der Waals surface area contributed by atoms with Gasteiger partial charge in [-0.05, 0) is 38.8 Å². The molecule has 0 aliphatic rings. The molecule has 0 amide bonds. The van der Waals surface area contributed by atoms with Gasteiger partial charge in [0.2, 0.25) is 5.78 Å². The maximum atomic E-state index is 12.4. The molecule has 0 atom stereocenters. The number of allylic oxidation sites excluding steroid dienone is 2. The SMILES string of the molecule is C/C(=C\C(C)(C)C(=O)c1nc(C)co1)c1ccccc1. The van der Waals surface area contributed by atoms with Crippen LogP contribution in [0.5, 0.6) is 0 Å². The van der Waals surface area contributed by atoms with Crippen LogP contribution < -0.4 is 0 Å². The van der Waals surface area contributed by atoms with Crippen LogP contribution >= 0.6 is 0 Å². The highest BCUT2D eigenvalue weighted by atomic mass is 16.3. The zero-order valence-electron chi connectivity index (χ0n) is 12.3. The van der Waals surface area contributed by atoms with Crippen molar-refractivity contribution >= 4 is 11.4 Å². The number of oxazole rings is 1. The average Bonchev–Trinajstić information content (AvgIpc) is 2.85. The van der Waals surface area contributed by atoms with Crippen LogP contribution in [0.4, 0.5) is 0 Å². The van der Waals surface area contributed by atoms with Crippen LogP contribution in [0.15, 0.2) is 47.1 Å². The Hall–Kier alpha value is -2.16. The Kier molecular flexibility index (Phi) is 3.89. The van der Waals surface area contributed by atoms with Crippen LogP contribution in [-0.2, 0) is 0 Å². The molecule has 2 rings (SSSR count). The van der Waals surface area contributed by atoms with Crippen LogP contribution in [0.3, 0.4) is 0 Å². The average molecular weight is 269 g/mol. The van der Waals surface area contributed by atoms with Crippen molar-refractivity contribution in [3.8, 4) is 0 Å². The Morgan fingerprint density at radius 2 is 1.90 bits per heavy atom. The Bertz CT molecular complexity index is 636. The Morgan fingerprint density at radius 3 is 2.45 bits per heavy atom. The Labute approximate surface area is 119 Å². The number of ketones is 1. The first-order valence-corrected chi connectivity index (χ1v) is 6.62. The van der Waals surface area contributed by atoms with Crippen molar-refractivity contribution < 1.29 is 9.21 Å². The van der Waals surface area contributed by atoms with Crippen LogP contribution in [0.2, 0.25) is 0 Å². The number of benzene rings is 1. The van der Waals surface area contributed by atoms with Crippen molar-refractivity contribution in [2.75, 3.05) is 0 Å². The highest BCUT2D eigenvalue weighted by Crippen LogP contribution is 2.28. The fraction of sp³-hybridized carbons (Fsp3) is 0.294. The second-order valence-corrected chi connectivity index (χ2v) is 5.54. The number of carbonyl (C=O) groups is 1. The molecular formula is C17H19NO2. The molecule has 0 aliphatic carbocycles. The van der Waals surface area contributed by atoms with Gasteiger partial charge in [0.15, 0.2) is 0 Å². The Morgan fingerprint density at radius 1 is 1.25 bits per heavy atom. The fourth-order valence-electron chi connectivity index (χ4n) is 2.13. The lowest BCUT2D eigenvalue weighted by Gasteiger charge is -2.18. The van der Waals surface area contributed by atoms with Crippen molar-refractivity contribution in [3.63, 3.8) is 0 Å². The summed E-state index contributed by atoms with van der Waals surface area (Å²) < 4.78 is 5.21. The van der Waals surface area contributed by atoms with Gasteiger partial charge in [0, 0.05) is 0 Å². The normalized spacial score (nSPS) is 12.5. The molecule has 0 radical (unpaired) electrons.